The molecule has 1 aromatic heterocycles. The number of likely N-dealkylation sites (tertiary alicyclic amines) is 1. The molecule has 5 heteroatoms. The van der Waals surface area contributed by atoms with E-state index in [-0.39, 0.29) is 0 Å². The second-order valence-electron chi connectivity index (χ2n) is 8.05. The number of halogens is 1. The number of hydrogen-bond donors (Lipinski definition) is 1. The first-order valence-electron chi connectivity index (χ1n) is 10.7. The lowest BCUT2D eigenvalue weighted by atomic mass is 10.1. The molecule has 0 saturated carbocycles. The summed E-state index contributed by atoms with van der Waals surface area (Å²) in [6.45, 7) is 5.82. The van der Waals surface area contributed by atoms with Crippen molar-refractivity contribution in [1.82, 2.24) is 9.88 Å². The molecule has 4 nitrogen and oxygen atoms in total. The molecule has 0 amide bonds. The smallest absolute Gasteiger partial charge is 0.119 e. The van der Waals surface area contributed by atoms with E-state index in [0.29, 0.717) is 11.1 Å². The van der Waals surface area contributed by atoms with Crippen LogP contribution in [0.5, 0.6) is 5.75 Å². The summed E-state index contributed by atoms with van der Waals surface area (Å²) in [4.78, 5) is 7.45. The normalized spacial score (nSPS) is 16.2. The Balaban J connectivity index is 1.54. The molecule has 1 aliphatic rings. The number of anilines is 1. The molecule has 2 aromatic carbocycles. The lowest BCUT2D eigenvalue weighted by molar-refractivity contribution is 0.165. The zero-order chi connectivity index (χ0) is 20.2. The van der Waals surface area contributed by atoms with E-state index in [1.807, 2.05) is 24.3 Å². The summed E-state index contributed by atoms with van der Waals surface area (Å²) < 4.78 is 5.45. The molecule has 1 atom stereocenters. The summed E-state index contributed by atoms with van der Waals surface area (Å²) in [6, 6.07) is 12.6. The van der Waals surface area contributed by atoms with Crippen LogP contribution in [0.4, 0.5) is 5.69 Å². The molecule has 1 aliphatic heterocycles. The molecule has 4 rings (SSSR count). The number of ether oxygens (including phenoxy) is 1. The number of nitrogens with one attached hydrogen (secondary N) is 1. The number of pyridine rings is 1. The van der Waals surface area contributed by atoms with E-state index in [9.17, 15) is 0 Å². The van der Waals surface area contributed by atoms with Gasteiger partial charge in [-0.15, -0.1) is 0 Å². The van der Waals surface area contributed by atoms with Crippen molar-refractivity contribution in [2.24, 2.45) is 0 Å². The van der Waals surface area contributed by atoms with Crippen LogP contribution in [-0.4, -0.2) is 42.7 Å². The van der Waals surface area contributed by atoms with Crippen LogP contribution < -0.4 is 10.1 Å². The highest BCUT2D eigenvalue weighted by Crippen LogP contribution is 2.34. The summed E-state index contributed by atoms with van der Waals surface area (Å²) in [6.07, 6.45) is 6.44. The summed E-state index contributed by atoms with van der Waals surface area (Å²) in [5.41, 5.74) is 2.98. The van der Waals surface area contributed by atoms with Crippen LogP contribution in [0.15, 0.2) is 36.4 Å². The average molecular weight is 412 g/mol. The predicted molar refractivity (Wildman–Crippen MR) is 123 cm³/mol. The maximum Gasteiger partial charge on any atom is 0.119 e. The maximum absolute atomic E-state index is 6.22. The molecule has 154 valence electrons. The van der Waals surface area contributed by atoms with Crippen LogP contribution in [-0.2, 0) is 0 Å². The molecular weight excluding hydrogens is 382 g/mol. The van der Waals surface area contributed by atoms with Crippen molar-refractivity contribution in [3.63, 3.8) is 0 Å². The Morgan fingerprint density at radius 3 is 2.69 bits per heavy atom. The van der Waals surface area contributed by atoms with Gasteiger partial charge in [0.1, 0.15) is 5.75 Å². The summed E-state index contributed by atoms with van der Waals surface area (Å²) in [7, 11) is 1.70. The highest BCUT2D eigenvalue weighted by Gasteiger charge is 2.16. The van der Waals surface area contributed by atoms with E-state index in [2.05, 4.69) is 29.3 Å². The summed E-state index contributed by atoms with van der Waals surface area (Å²) >= 11 is 6.22. The minimum absolute atomic E-state index is 0.655. The first-order valence-corrected chi connectivity index (χ1v) is 11.1. The third-order valence-corrected chi connectivity index (χ3v) is 6.29. The van der Waals surface area contributed by atoms with Crippen LogP contribution in [0.2, 0.25) is 5.02 Å². The molecule has 0 unspecified atom stereocenters. The van der Waals surface area contributed by atoms with Gasteiger partial charge in [0, 0.05) is 28.4 Å². The number of aromatic nitrogens is 1. The van der Waals surface area contributed by atoms with Gasteiger partial charge in [-0.2, -0.15) is 0 Å². The highest BCUT2D eigenvalue weighted by atomic mass is 35.5. The second kappa shape index (κ2) is 9.19. The fraction of sp³-hybridized carbons (Fsp3) is 0.458. The van der Waals surface area contributed by atoms with Gasteiger partial charge in [-0.3, -0.25) is 0 Å². The van der Waals surface area contributed by atoms with Crippen molar-refractivity contribution >= 4 is 39.1 Å². The zero-order valence-corrected chi connectivity index (χ0v) is 18.1. The number of hydrogen-bond acceptors (Lipinski definition) is 4. The Labute approximate surface area is 178 Å². The van der Waals surface area contributed by atoms with Crippen molar-refractivity contribution < 1.29 is 4.74 Å². The maximum atomic E-state index is 6.22. The third kappa shape index (κ3) is 4.59. The largest absolute Gasteiger partial charge is 0.497 e. The second-order valence-corrected chi connectivity index (χ2v) is 8.48. The van der Waals surface area contributed by atoms with Crippen molar-refractivity contribution in [3.05, 3.63) is 41.4 Å². The summed E-state index contributed by atoms with van der Waals surface area (Å²) in [5, 5.41) is 6.59. The quantitative estimate of drug-likeness (QED) is 0.375. The molecule has 1 fully saturated rings. The molecule has 3 aromatic rings. The van der Waals surface area contributed by atoms with Gasteiger partial charge in [0.25, 0.3) is 0 Å². The Morgan fingerprint density at radius 2 is 1.90 bits per heavy atom. The van der Waals surface area contributed by atoms with Crippen molar-refractivity contribution in [2.75, 3.05) is 32.1 Å². The minimum Gasteiger partial charge on any atom is -0.497 e. The molecular formula is C24H30ClN3O. The topological polar surface area (TPSA) is 37.4 Å². The van der Waals surface area contributed by atoms with Crippen molar-refractivity contribution in [3.8, 4) is 5.75 Å². The highest BCUT2D eigenvalue weighted by molar-refractivity contribution is 6.31. The Bertz CT molecular complexity index is 985. The lowest BCUT2D eigenvalue weighted by Crippen LogP contribution is -2.37. The van der Waals surface area contributed by atoms with Crippen LogP contribution in [0.1, 0.15) is 39.0 Å². The molecule has 29 heavy (non-hydrogen) atoms. The molecule has 1 saturated heterocycles. The summed E-state index contributed by atoms with van der Waals surface area (Å²) in [5.74, 6) is 0.842. The van der Waals surface area contributed by atoms with Gasteiger partial charge in [-0.1, -0.05) is 18.0 Å². The SMILES string of the molecule is COc1ccc2nc3cc(Cl)ccc3c(NCCC[C@@H](C)N3CCCCC3)c2c1. The van der Waals surface area contributed by atoms with E-state index >= 15 is 0 Å². The predicted octanol–water partition coefficient (Wildman–Crippen LogP) is 6.12. The van der Waals surface area contributed by atoms with E-state index in [1.54, 1.807) is 7.11 Å². The van der Waals surface area contributed by atoms with Gasteiger partial charge in [-0.05, 0) is 82.1 Å². The van der Waals surface area contributed by atoms with E-state index < -0.39 is 0 Å². The minimum atomic E-state index is 0.655. The fourth-order valence-corrected chi connectivity index (χ4v) is 4.53. The molecule has 0 aliphatic carbocycles. The molecule has 0 radical (unpaired) electrons. The lowest BCUT2D eigenvalue weighted by Gasteiger charge is -2.32. The van der Waals surface area contributed by atoms with E-state index in [0.717, 1.165) is 46.2 Å². The number of nitrogens with zero attached hydrogens (tertiary/aromatic N) is 2. The number of fused-ring (bicyclic) bond motifs is 2. The molecule has 2 heterocycles. The van der Waals surface area contributed by atoms with E-state index in [1.165, 1.54) is 38.8 Å². The number of benzene rings is 2. The number of rotatable bonds is 7. The monoisotopic (exact) mass is 411 g/mol. The van der Waals surface area contributed by atoms with Crippen LogP contribution in [0.3, 0.4) is 0 Å². The Kier molecular flexibility index (Phi) is 6.41. The van der Waals surface area contributed by atoms with Gasteiger partial charge >= 0.3 is 0 Å². The molecule has 1 N–H and O–H groups in total. The third-order valence-electron chi connectivity index (χ3n) is 6.06. The first kappa shape index (κ1) is 20.2. The van der Waals surface area contributed by atoms with Crippen LogP contribution in [0.25, 0.3) is 21.8 Å². The molecule has 0 spiro atoms. The average Bonchev–Trinajstić information content (AvgIpc) is 2.76. The number of methoxy groups -OCH3 is 1. The first-order chi connectivity index (χ1) is 14.2. The van der Waals surface area contributed by atoms with Gasteiger partial charge < -0.3 is 15.0 Å². The van der Waals surface area contributed by atoms with E-state index in [4.69, 9.17) is 21.3 Å². The Morgan fingerprint density at radius 1 is 1.07 bits per heavy atom. The standard InChI is InChI=1S/C24H30ClN3O/c1-17(28-13-4-3-5-14-28)7-6-12-26-24-20-10-8-18(25)15-23(20)27-22-11-9-19(29-2)16-21(22)24/h8-11,15-17H,3-7,12-14H2,1-2H3,(H,26,27)/t17-/m1/s1. The van der Waals surface area contributed by atoms with Gasteiger partial charge in [0.2, 0.25) is 0 Å². The fourth-order valence-electron chi connectivity index (χ4n) is 4.37. The Hall–Kier alpha value is -2.04. The van der Waals surface area contributed by atoms with Crippen molar-refractivity contribution in [2.45, 2.75) is 45.1 Å². The van der Waals surface area contributed by atoms with Crippen LogP contribution in [0, 0.1) is 0 Å². The van der Waals surface area contributed by atoms with Crippen molar-refractivity contribution in [1.29, 1.82) is 0 Å². The van der Waals surface area contributed by atoms with Gasteiger partial charge in [0.15, 0.2) is 0 Å². The number of piperidine rings is 1. The van der Waals surface area contributed by atoms with Gasteiger partial charge in [0.05, 0.1) is 23.8 Å². The van der Waals surface area contributed by atoms with Crippen LogP contribution >= 0.6 is 11.6 Å². The zero-order valence-electron chi connectivity index (χ0n) is 17.4. The molecule has 0 bridgehead atoms. The van der Waals surface area contributed by atoms with Gasteiger partial charge in [-0.25, -0.2) is 4.98 Å².